The summed E-state index contributed by atoms with van der Waals surface area (Å²) in [6.45, 7) is 1.90. The van der Waals surface area contributed by atoms with Crippen molar-refractivity contribution in [2.75, 3.05) is 13.2 Å². The molecule has 11 heavy (non-hydrogen) atoms. The summed E-state index contributed by atoms with van der Waals surface area (Å²) in [7, 11) is 0. The maximum atomic E-state index is 5.47. The molecule has 2 heteroatoms. The molecule has 1 heterocycles. The third-order valence-corrected chi connectivity index (χ3v) is 1.69. The van der Waals surface area contributed by atoms with Crippen LogP contribution < -0.4 is 10.1 Å². The highest BCUT2D eigenvalue weighted by Crippen LogP contribution is 2.09. The van der Waals surface area contributed by atoms with Crippen molar-refractivity contribution in [3.8, 4) is 5.75 Å². The van der Waals surface area contributed by atoms with Crippen LogP contribution >= 0.6 is 0 Å². The van der Waals surface area contributed by atoms with Gasteiger partial charge in [-0.3, -0.25) is 0 Å². The van der Waals surface area contributed by atoms with Crippen molar-refractivity contribution in [1.82, 2.24) is 5.32 Å². The molecule has 1 atom stereocenters. The number of ether oxygens (including phenoxy) is 1. The standard InChI is InChI=1S/C9H11NO/c1-2-4-9(5-3-1)11-7-8-6-10-8/h1-5,8,10H,6-7H2. The second-order valence-corrected chi connectivity index (χ2v) is 2.73. The Bertz CT molecular complexity index is 218. The van der Waals surface area contributed by atoms with E-state index in [1.165, 1.54) is 0 Å². The third-order valence-electron chi connectivity index (χ3n) is 1.69. The van der Waals surface area contributed by atoms with Crippen molar-refractivity contribution in [1.29, 1.82) is 0 Å². The molecule has 0 amide bonds. The first kappa shape index (κ1) is 6.68. The van der Waals surface area contributed by atoms with E-state index in [-0.39, 0.29) is 0 Å². The van der Waals surface area contributed by atoms with E-state index >= 15 is 0 Å². The van der Waals surface area contributed by atoms with E-state index in [9.17, 15) is 0 Å². The molecule has 1 saturated heterocycles. The third kappa shape index (κ3) is 1.95. The van der Waals surface area contributed by atoms with Crippen LogP contribution in [0.15, 0.2) is 30.3 Å². The lowest BCUT2D eigenvalue weighted by molar-refractivity contribution is 0.319. The summed E-state index contributed by atoms with van der Waals surface area (Å²) in [4.78, 5) is 0. The normalized spacial score (nSPS) is 21.3. The van der Waals surface area contributed by atoms with Gasteiger partial charge in [0.1, 0.15) is 12.4 Å². The number of para-hydroxylation sites is 1. The van der Waals surface area contributed by atoms with E-state index in [2.05, 4.69) is 5.32 Å². The summed E-state index contributed by atoms with van der Waals surface area (Å²) in [5.74, 6) is 0.959. The zero-order chi connectivity index (χ0) is 7.52. The number of hydrogen-bond donors (Lipinski definition) is 1. The fourth-order valence-electron chi connectivity index (χ4n) is 0.915. The first-order chi connectivity index (χ1) is 5.45. The monoisotopic (exact) mass is 149 g/mol. The summed E-state index contributed by atoms with van der Waals surface area (Å²) in [5.41, 5.74) is 0. The minimum absolute atomic E-state index is 0.593. The Hall–Kier alpha value is -1.02. The molecule has 0 saturated carbocycles. The molecule has 0 bridgehead atoms. The smallest absolute Gasteiger partial charge is 0.119 e. The van der Waals surface area contributed by atoms with Gasteiger partial charge in [-0.15, -0.1) is 0 Å². The highest BCUT2D eigenvalue weighted by Gasteiger charge is 2.20. The van der Waals surface area contributed by atoms with Crippen LogP contribution in [0.3, 0.4) is 0 Å². The van der Waals surface area contributed by atoms with E-state index in [1.54, 1.807) is 0 Å². The number of rotatable bonds is 3. The van der Waals surface area contributed by atoms with Crippen LogP contribution in [0, 0.1) is 0 Å². The van der Waals surface area contributed by atoms with Gasteiger partial charge in [0.25, 0.3) is 0 Å². The van der Waals surface area contributed by atoms with Gasteiger partial charge in [0.15, 0.2) is 0 Å². The van der Waals surface area contributed by atoms with Gasteiger partial charge in [-0.2, -0.15) is 0 Å². The lowest BCUT2D eigenvalue weighted by Gasteiger charge is -2.02. The molecule has 1 aliphatic heterocycles. The average molecular weight is 149 g/mol. The van der Waals surface area contributed by atoms with Crippen LogP contribution in [0.4, 0.5) is 0 Å². The van der Waals surface area contributed by atoms with Gasteiger partial charge in [-0.05, 0) is 12.1 Å². The Morgan fingerprint density at radius 1 is 1.36 bits per heavy atom. The Kier molecular flexibility index (Phi) is 1.78. The Labute approximate surface area is 66.2 Å². The molecule has 2 nitrogen and oxygen atoms in total. The predicted molar refractivity (Wildman–Crippen MR) is 43.7 cm³/mol. The molecule has 1 aromatic rings. The number of benzene rings is 1. The minimum atomic E-state index is 0.593. The zero-order valence-electron chi connectivity index (χ0n) is 6.29. The SMILES string of the molecule is c1ccc(OCC2CN2)cc1. The van der Waals surface area contributed by atoms with Crippen LogP contribution in [-0.2, 0) is 0 Å². The molecule has 0 aliphatic carbocycles. The first-order valence-electron chi connectivity index (χ1n) is 3.86. The zero-order valence-corrected chi connectivity index (χ0v) is 6.29. The fraction of sp³-hybridized carbons (Fsp3) is 0.333. The summed E-state index contributed by atoms with van der Waals surface area (Å²) in [6, 6.07) is 10.5. The molecule has 1 N–H and O–H groups in total. The van der Waals surface area contributed by atoms with Gasteiger partial charge in [0.05, 0.1) is 6.04 Å². The summed E-state index contributed by atoms with van der Waals surface area (Å²) < 4.78 is 5.47. The molecule has 0 radical (unpaired) electrons. The average Bonchev–Trinajstić information content (AvgIpc) is 2.86. The van der Waals surface area contributed by atoms with Crippen LogP contribution in [0.1, 0.15) is 0 Å². The molecule has 1 aliphatic rings. The predicted octanol–water partition coefficient (Wildman–Crippen LogP) is 1.04. The molecule has 58 valence electrons. The molecule has 1 fully saturated rings. The Morgan fingerprint density at radius 2 is 2.09 bits per heavy atom. The molecule has 2 rings (SSSR count). The molecular formula is C9H11NO. The van der Waals surface area contributed by atoms with Crippen LogP contribution in [0.5, 0.6) is 5.75 Å². The van der Waals surface area contributed by atoms with Crippen LogP contribution in [0.2, 0.25) is 0 Å². The van der Waals surface area contributed by atoms with Crippen LogP contribution in [0.25, 0.3) is 0 Å². The summed E-state index contributed by atoms with van der Waals surface area (Å²) in [5, 5.41) is 3.18. The van der Waals surface area contributed by atoms with Crippen molar-refractivity contribution in [2.24, 2.45) is 0 Å². The highest BCUT2D eigenvalue weighted by atomic mass is 16.5. The van der Waals surface area contributed by atoms with Crippen molar-refractivity contribution >= 4 is 0 Å². The fourth-order valence-corrected chi connectivity index (χ4v) is 0.915. The van der Waals surface area contributed by atoms with Gasteiger partial charge in [-0.1, -0.05) is 18.2 Å². The molecule has 1 unspecified atom stereocenters. The van der Waals surface area contributed by atoms with Gasteiger partial charge in [0, 0.05) is 6.54 Å². The second kappa shape index (κ2) is 2.93. The Balaban J connectivity index is 1.85. The van der Waals surface area contributed by atoms with Gasteiger partial charge >= 0.3 is 0 Å². The molecule has 1 aromatic carbocycles. The van der Waals surface area contributed by atoms with Crippen molar-refractivity contribution in [3.05, 3.63) is 30.3 Å². The van der Waals surface area contributed by atoms with Crippen molar-refractivity contribution in [3.63, 3.8) is 0 Å². The summed E-state index contributed by atoms with van der Waals surface area (Å²) in [6.07, 6.45) is 0. The Morgan fingerprint density at radius 3 is 2.73 bits per heavy atom. The highest BCUT2D eigenvalue weighted by molar-refractivity contribution is 5.21. The van der Waals surface area contributed by atoms with Crippen molar-refractivity contribution in [2.45, 2.75) is 6.04 Å². The van der Waals surface area contributed by atoms with E-state index in [4.69, 9.17) is 4.74 Å². The number of hydrogen-bond acceptors (Lipinski definition) is 2. The lowest BCUT2D eigenvalue weighted by Crippen LogP contribution is -2.06. The van der Waals surface area contributed by atoms with Crippen molar-refractivity contribution < 1.29 is 4.74 Å². The second-order valence-electron chi connectivity index (χ2n) is 2.73. The topological polar surface area (TPSA) is 31.2 Å². The van der Waals surface area contributed by atoms with Gasteiger partial charge in [-0.25, -0.2) is 0 Å². The molecular weight excluding hydrogens is 138 g/mol. The van der Waals surface area contributed by atoms with Gasteiger partial charge in [0.2, 0.25) is 0 Å². The lowest BCUT2D eigenvalue weighted by atomic mass is 10.3. The van der Waals surface area contributed by atoms with E-state index in [0.717, 1.165) is 18.9 Å². The summed E-state index contributed by atoms with van der Waals surface area (Å²) >= 11 is 0. The van der Waals surface area contributed by atoms with Crippen LogP contribution in [-0.4, -0.2) is 19.2 Å². The van der Waals surface area contributed by atoms with E-state index in [0.29, 0.717) is 6.04 Å². The molecule has 0 aromatic heterocycles. The van der Waals surface area contributed by atoms with E-state index in [1.807, 2.05) is 30.3 Å². The van der Waals surface area contributed by atoms with E-state index < -0.39 is 0 Å². The minimum Gasteiger partial charge on any atom is -0.492 e. The van der Waals surface area contributed by atoms with Gasteiger partial charge < -0.3 is 10.1 Å². The maximum Gasteiger partial charge on any atom is 0.119 e. The molecule has 0 spiro atoms. The number of nitrogens with one attached hydrogen (secondary N) is 1. The maximum absolute atomic E-state index is 5.47. The first-order valence-corrected chi connectivity index (χ1v) is 3.86. The largest absolute Gasteiger partial charge is 0.492 e. The quantitative estimate of drug-likeness (QED) is 0.651.